The van der Waals surface area contributed by atoms with Crippen LogP contribution in [0.1, 0.15) is 51.1 Å². The van der Waals surface area contributed by atoms with Crippen molar-refractivity contribution in [2.24, 2.45) is 5.92 Å². The predicted octanol–water partition coefficient (Wildman–Crippen LogP) is 4.62. The number of benzene rings is 1. The quantitative estimate of drug-likeness (QED) is 0.823. The molecule has 0 spiro atoms. The number of anilines is 1. The van der Waals surface area contributed by atoms with Crippen LogP contribution < -0.4 is 10.1 Å². The Morgan fingerprint density at radius 2 is 1.92 bits per heavy atom. The summed E-state index contributed by atoms with van der Waals surface area (Å²) in [6.45, 7) is 2.03. The number of amides is 1. The van der Waals surface area contributed by atoms with E-state index < -0.39 is 0 Å². The third kappa shape index (κ3) is 4.59. The van der Waals surface area contributed by atoms with Crippen LogP contribution in [0.15, 0.2) is 30.5 Å². The average molecular weight is 353 g/mol. The summed E-state index contributed by atoms with van der Waals surface area (Å²) >= 11 is 0. The zero-order valence-corrected chi connectivity index (χ0v) is 15.6. The Balaban J connectivity index is 1.70. The van der Waals surface area contributed by atoms with E-state index in [-0.39, 0.29) is 5.91 Å². The fourth-order valence-corrected chi connectivity index (χ4v) is 3.52. The summed E-state index contributed by atoms with van der Waals surface area (Å²) in [6.07, 6.45) is 9.14. The number of methoxy groups -OCH3 is 1. The van der Waals surface area contributed by atoms with Crippen LogP contribution in [0, 0.1) is 5.92 Å². The number of rotatable bonds is 6. The van der Waals surface area contributed by atoms with Crippen molar-refractivity contribution in [3.05, 3.63) is 36.2 Å². The molecular weight excluding hydrogens is 326 g/mol. The maximum Gasteiger partial charge on any atom is 0.225 e. The van der Waals surface area contributed by atoms with Crippen molar-refractivity contribution >= 4 is 11.7 Å². The number of aryl methyl sites for hydroxylation is 1. The van der Waals surface area contributed by atoms with E-state index in [9.17, 15) is 4.79 Å². The molecule has 1 saturated carbocycles. The van der Waals surface area contributed by atoms with E-state index in [2.05, 4.69) is 10.3 Å². The average Bonchev–Trinajstić information content (AvgIpc) is 2.69. The van der Waals surface area contributed by atoms with E-state index in [0.717, 1.165) is 42.0 Å². The normalized spacial score (nSPS) is 14.8. The van der Waals surface area contributed by atoms with Crippen LogP contribution in [-0.4, -0.2) is 23.0 Å². The van der Waals surface area contributed by atoms with Gasteiger partial charge in [0.05, 0.1) is 24.7 Å². The van der Waals surface area contributed by atoms with Crippen molar-refractivity contribution in [3.8, 4) is 17.0 Å². The summed E-state index contributed by atoms with van der Waals surface area (Å²) in [5.41, 5.74) is 2.60. The van der Waals surface area contributed by atoms with Crippen LogP contribution in [0.25, 0.3) is 11.3 Å². The van der Waals surface area contributed by atoms with Gasteiger partial charge in [-0.2, -0.15) is 0 Å². The van der Waals surface area contributed by atoms with Gasteiger partial charge in [0.2, 0.25) is 5.91 Å². The molecule has 1 fully saturated rings. The van der Waals surface area contributed by atoms with Crippen molar-refractivity contribution in [1.29, 1.82) is 0 Å². The summed E-state index contributed by atoms with van der Waals surface area (Å²) < 4.78 is 5.19. The molecule has 1 aliphatic carbocycles. The molecule has 1 aromatic carbocycles. The summed E-state index contributed by atoms with van der Waals surface area (Å²) in [5.74, 6) is 1.97. The molecule has 26 heavy (non-hydrogen) atoms. The lowest BCUT2D eigenvalue weighted by molar-refractivity contribution is -0.117. The highest BCUT2D eigenvalue weighted by molar-refractivity contribution is 5.90. The van der Waals surface area contributed by atoms with Crippen LogP contribution in [0.2, 0.25) is 0 Å². The molecule has 1 aromatic heterocycles. The first-order chi connectivity index (χ1) is 12.7. The Hall–Kier alpha value is -2.43. The zero-order valence-electron chi connectivity index (χ0n) is 15.6. The molecule has 0 bridgehead atoms. The van der Waals surface area contributed by atoms with Crippen LogP contribution in [0.4, 0.5) is 5.82 Å². The monoisotopic (exact) mass is 353 g/mol. The molecule has 1 aliphatic rings. The van der Waals surface area contributed by atoms with E-state index >= 15 is 0 Å². The molecule has 0 aliphatic heterocycles. The Labute approximate surface area is 155 Å². The number of ether oxygens (including phenoxy) is 1. The molecule has 0 radical (unpaired) electrons. The molecule has 1 amide bonds. The zero-order chi connectivity index (χ0) is 18.4. The summed E-state index contributed by atoms with van der Waals surface area (Å²) in [5, 5.41) is 2.97. The highest BCUT2D eigenvalue weighted by atomic mass is 16.5. The van der Waals surface area contributed by atoms with E-state index in [1.807, 2.05) is 31.2 Å². The van der Waals surface area contributed by atoms with E-state index in [1.165, 1.54) is 19.3 Å². The first-order valence-electron chi connectivity index (χ1n) is 9.49. The molecule has 0 unspecified atom stereocenters. The van der Waals surface area contributed by atoms with Crippen molar-refractivity contribution in [3.63, 3.8) is 0 Å². The Kier molecular flexibility index (Phi) is 6.21. The lowest BCUT2D eigenvalue weighted by Crippen LogP contribution is -2.20. The second kappa shape index (κ2) is 8.79. The first kappa shape index (κ1) is 18.4. The molecule has 3 rings (SSSR count). The maximum absolute atomic E-state index is 12.4. The van der Waals surface area contributed by atoms with Gasteiger partial charge in [0.15, 0.2) is 5.82 Å². The van der Waals surface area contributed by atoms with Gasteiger partial charge in [-0.3, -0.25) is 4.79 Å². The van der Waals surface area contributed by atoms with Gasteiger partial charge in [-0.1, -0.05) is 26.2 Å². The Morgan fingerprint density at radius 1 is 1.19 bits per heavy atom. The standard InChI is InChI=1S/C21H27N3O2/c1-3-18-21(24-20(25)13-15-7-5-4-6-8-15)22-14-19(23-18)16-9-11-17(26-2)12-10-16/h9-12,14-15H,3-8,13H2,1-2H3,(H,22,24,25). The van der Waals surface area contributed by atoms with Gasteiger partial charge < -0.3 is 10.1 Å². The molecule has 5 nitrogen and oxygen atoms in total. The number of carbonyl (C=O) groups excluding carboxylic acids is 1. The minimum absolute atomic E-state index is 0.0538. The van der Waals surface area contributed by atoms with Gasteiger partial charge in [-0.05, 0) is 49.4 Å². The van der Waals surface area contributed by atoms with Gasteiger partial charge in [0.25, 0.3) is 0 Å². The molecule has 1 N–H and O–H groups in total. The van der Waals surface area contributed by atoms with Crippen LogP contribution >= 0.6 is 0 Å². The summed E-state index contributed by atoms with van der Waals surface area (Å²) in [7, 11) is 1.65. The second-order valence-corrected chi connectivity index (χ2v) is 6.89. The fraction of sp³-hybridized carbons (Fsp3) is 0.476. The van der Waals surface area contributed by atoms with Crippen LogP contribution in [-0.2, 0) is 11.2 Å². The molecule has 5 heteroatoms. The van der Waals surface area contributed by atoms with E-state index in [4.69, 9.17) is 9.72 Å². The number of nitrogens with zero attached hydrogens (tertiary/aromatic N) is 2. The van der Waals surface area contributed by atoms with Gasteiger partial charge in [-0.15, -0.1) is 0 Å². The van der Waals surface area contributed by atoms with Crippen molar-refractivity contribution < 1.29 is 9.53 Å². The molecule has 0 saturated heterocycles. The van der Waals surface area contributed by atoms with Crippen LogP contribution in [0.5, 0.6) is 5.75 Å². The van der Waals surface area contributed by atoms with Gasteiger partial charge in [-0.25, -0.2) is 9.97 Å². The van der Waals surface area contributed by atoms with Gasteiger partial charge in [0.1, 0.15) is 5.75 Å². The highest BCUT2D eigenvalue weighted by Crippen LogP contribution is 2.27. The SMILES string of the molecule is CCc1nc(-c2ccc(OC)cc2)cnc1NC(=O)CC1CCCCC1. The molecule has 138 valence electrons. The number of hydrogen-bond acceptors (Lipinski definition) is 4. The largest absolute Gasteiger partial charge is 0.497 e. The first-order valence-corrected chi connectivity index (χ1v) is 9.49. The van der Waals surface area contributed by atoms with Gasteiger partial charge >= 0.3 is 0 Å². The smallest absolute Gasteiger partial charge is 0.225 e. The lowest BCUT2D eigenvalue weighted by Gasteiger charge is -2.21. The minimum Gasteiger partial charge on any atom is -0.497 e. The van der Waals surface area contributed by atoms with Crippen molar-refractivity contribution in [2.75, 3.05) is 12.4 Å². The van der Waals surface area contributed by atoms with Crippen molar-refractivity contribution in [1.82, 2.24) is 9.97 Å². The molecule has 2 aromatic rings. The number of aromatic nitrogens is 2. The van der Waals surface area contributed by atoms with E-state index in [1.54, 1.807) is 13.3 Å². The number of hydrogen-bond donors (Lipinski definition) is 1. The second-order valence-electron chi connectivity index (χ2n) is 6.89. The van der Waals surface area contributed by atoms with Crippen molar-refractivity contribution in [2.45, 2.75) is 51.9 Å². The third-order valence-corrected chi connectivity index (χ3v) is 5.02. The topological polar surface area (TPSA) is 64.1 Å². The predicted molar refractivity (Wildman–Crippen MR) is 103 cm³/mol. The Bertz CT molecular complexity index is 737. The van der Waals surface area contributed by atoms with Crippen LogP contribution in [0.3, 0.4) is 0 Å². The number of carbonyl (C=O) groups is 1. The molecular formula is C21H27N3O2. The summed E-state index contributed by atoms with van der Waals surface area (Å²) in [4.78, 5) is 21.6. The third-order valence-electron chi connectivity index (χ3n) is 5.02. The Morgan fingerprint density at radius 3 is 2.58 bits per heavy atom. The number of nitrogens with one attached hydrogen (secondary N) is 1. The van der Waals surface area contributed by atoms with Gasteiger partial charge in [0, 0.05) is 12.0 Å². The lowest BCUT2D eigenvalue weighted by atomic mass is 9.87. The van der Waals surface area contributed by atoms with E-state index in [0.29, 0.717) is 18.2 Å². The maximum atomic E-state index is 12.4. The molecule has 1 heterocycles. The summed E-state index contributed by atoms with van der Waals surface area (Å²) in [6, 6.07) is 7.73. The molecule has 0 atom stereocenters. The minimum atomic E-state index is 0.0538. The fourth-order valence-electron chi connectivity index (χ4n) is 3.52. The highest BCUT2D eigenvalue weighted by Gasteiger charge is 2.18.